The van der Waals surface area contributed by atoms with Crippen molar-refractivity contribution in [3.8, 4) is 6.07 Å². The Morgan fingerprint density at radius 1 is 1.14 bits per heavy atom. The predicted octanol–water partition coefficient (Wildman–Crippen LogP) is 4.46. The van der Waals surface area contributed by atoms with Crippen LogP contribution in [-0.4, -0.2) is 18.6 Å². The highest BCUT2D eigenvalue weighted by atomic mass is 32.2. The Balaban J connectivity index is 1.81. The van der Waals surface area contributed by atoms with Crippen LogP contribution in [0.25, 0.3) is 0 Å². The maximum absolute atomic E-state index is 12.7. The SMILES string of the molecule is N#Cc1ccc(Nc2cccc(CS(=O)(=O)C3CCCCC3)c2)c([N+](=O)[O-])c1. The molecule has 0 unspecified atom stereocenters. The van der Waals surface area contributed by atoms with Crippen LogP contribution in [0, 0.1) is 21.4 Å². The van der Waals surface area contributed by atoms with Crippen molar-refractivity contribution in [2.24, 2.45) is 0 Å². The standard InChI is InChI=1S/C20H21N3O4S/c21-13-15-9-10-19(20(12-15)23(24)25)22-17-6-4-5-16(11-17)14-28(26,27)18-7-2-1-3-8-18/h4-6,9-12,18,22H,1-3,7-8,14H2. The molecule has 0 aromatic heterocycles. The van der Waals surface area contributed by atoms with E-state index in [4.69, 9.17) is 5.26 Å². The number of nitrogens with one attached hydrogen (secondary N) is 1. The third-order valence-electron chi connectivity index (χ3n) is 4.96. The second-order valence-corrected chi connectivity index (χ2v) is 9.27. The average molecular weight is 399 g/mol. The number of sulfone groups is 1. The molecule has 1 aliphatic carbocycles. The van der Waals surface area contributed by atoms with E-state index in [1.165, 1.54) is 18.2 Å². The molecule has 8 heteroatoms. The first-order chi connectivity index (χ1) is 13.4. The number of nitriles is 1. The minimum atomic E-state index is -3.23. The van der Waals surface area contributed by atoms with Gasteiger partial charge in [0, 0.05) is 11.8 Å². The van der Waals surface area contributed by atoms with Gasteiger partial charge in [0.25, 0.3) is 5.69 Å². The number of benzene rings is 2. The topological polar surface area (TPSA) is 113 Å². The number of nitro benzene ring substituents is 1. The molecule has 0 atom stereocenters. The molecule has 0 radical (unpaired) electrons. The second kappa shape index (κ2) is 8.40. The van der Waals surface area contributed by atoms with E-state index in [2.05, 4.69) is 5.32 Å². The Labute approximate surface area is 164 Å². The van der Waals surface area contributed by atoms with E-state index < -0.39 is 14.8 Å². The number of nitro groups is 1. The summed E-state index contributed by atoms with van der Waals surface area (Å²) in [6.45, 7) is 0. The van der Waals surface area contributed by atoms with E-state index in [1.54, 1.807) is 24.3 Å². The number of rotatable bonds is 6. The zero-order valence-corrected chi connectivity index (χ0v) is 16.1. The van der Waals surface area contributed by atoms with E-state index in [9.17, 15) is 18.5 Å². The molecule has 1 fully saturated rings. The molecule has 2 aromatic carbocycles. The molecule has 3 rings (SSSR count). The van der Waals surface area contributed by atoms with Gasteiger partial charge < -0.3 is 5.32 Å². The second-order valence-electron chi connectivity index (χ2n) is 6.99. The molecule has 0 amide bonds. The van der Waals surface area contributed by atoms with Gasteiger partial charge in [-0.05, 0) is 42.7 Å². The highest BCUT2D eigenvalue weighted by Crippen LogP contribution is 2.30. The normalized spacial score (nSPS) is 15.0. The van der Waals surface area contributed by atoms with Gasteiger partial charge in [-0.1, -0.05) is 31.4 Å². The lowest BCUT2D eigenvalue weighted by molar-refractivity contribution is -0.383. The summed E-state index contributed by atoms with van der Waals surface area (Å²) in [5.41, 5.74) is 1.44. The number of hydrogen-bond donors (Lipinski definition) is 1. The van der Waals surface area contributed by atoms with Crippen LogP contribution in [0.5, 0.6) is 0 Å². The van der Waals surface area contributed by atoms with Crippen molar-refractivity contribution in [3.05, 3.63) is 63.7 Å². The summed E-state index contributed by atoms with van der Waals surface area (Å²) in [4.78, 5) is 10.7. The van der Waals surface area contributed by atoms with Crippen LogP contribution in [0.15, 0.2) is 42.5 Å². The predicted molar refractivity (Wildman–Crippen MR) is 107 cm³/mol. The fraction of sp³-hybridized carbons (Fsp3) is 0.350. The molecule has 1 saturated carbocycles. The summed E-state index contributed by atoms with van der Waals surface area (Å²) in [6, 6.07) is 12.9. The van der Waals surface area contributed by atoms with Gasteiger partial charge in [0.05, 0.1) is 27.6 Å². The van der Waals surface area contributed by atoms with Gasteiger partial charge in [0.1, 0.15) is 5.69 Å². The fourth-order valence-corrected chi connectivity index (χ4v) is 5.46. The molecule has 0 aliphatic heterocycles. The fourth-order valence-electron chi connectivity index (χ4n) is 3.53. The minimum absolute atomic E-state index is 0.0390. The lowest BCUT2D eigenvalue weighted by atomic mass is 10.0. The maximum atomic E-state index is 12.7. The summed E-state index contributed by atoms with van der Waals surface area (Å²) < 4.78 is 25.4. The summed E-state index contributed by atoms with van der Waals surface area (Å²) in [7, 11) is -3.23. The lowest BCUT2D eigenvalue weighted by Gasteiger charge is -2.21. The average Bonchev–Trinajstić information content (AvgIpc) is 2.69. The van der Waals surface area contributed by atoms with Crippen molar-refractivity contribution in [2.75, 3.05) is 5.32 Å². The molecule has 0 bridgehead atoms. The monoisotopic (exact) mass is 399 g/mol. The third-order valence-corrected chi connectivity index (χ3v) is 7.18. The van der Waals surface area contributed by atoms with Gasteiger partial charge in [-0.2, -0.15) is 5.26 Å². The van der Waals surface area contributed by atoms with Crippen molar-refractivity contribution < 1.29 is 13.3 Å². The Hall–Kier alpha value is -2.92. The highest BCUT2D eigenvalue weighted by molar-refractivity contribution is 7.91. The first kappa shape index (κ1) is 19.8. The Bertz CT molecular complexity index is 1020. The summed E-state index contributed by atoms with van der Waals surface area (Å²) >= 11 is 0. The number of nitrogens with zero attached hydrogens (tertiary/aromatic N) is 2. The molecule has 7 nitrogen and oxygen atoms in total. The Morgan fingerprint density at radius 2 is 1.89 bits per heavy atom. The molecule has 0 saturated heterocycles. The molecule has 28 heavy (non-hydrogen) atoms. The van der Waals surface area contributed by atoms with Crippen LogP contribution < -0.4 is 5.32 Å². The van der Waals surface area contributed by atoms with E-state index >= 15 is 0 Å². The van der Waals surface area contributed by atoms with Gasteiger partial charge in [-0.15, -0.1) is 0 Å². The number of anilines is 2. The van der Waals surface area contributed by atoms with Crippen molar-refractivity contribution in [1.82, 2.24) is 0 Å². The highest BCUT2D eigenvalue weighted by Gasteiger charge is 2.27. The lowest BCUT2D eigenvalue weighted by Crippen LogP contribution is -2.25. The molecule has 1 N–H and O–H groups in total. The van der Waals surface area contributed by atoms with Gasteiger partial charge in [0.15, 0.2) is 9.84 Å². The summed E-state index contributed by atoms with van der Waals surface area (Å²) in [5, 5.41) is 22.9. The number of hydrogen-bond acceptors (Lipinski definition) is 6. The molecule has 2 aromatic rings. The van der Waals surface area contributed by atoms with Gasteiger partial charge in [0.2, 0.25) is 0 Å². The smallest absolute Gasteiger partial charge is 0.293 e. The van der Waals surface area contributed by atoms with Gasteiger partial charge in [-0.25, -0.2) is 8.42 Å². The molecular weight excluding hydrogens is 378 g/mol. The van der Waals surface area contributed by atoms with Crippen LogP contribution >= 0.6 is 0 Å². The summed E-state index contributed by atoms with van der Waals surface area (Å²) in [6.07, 6.45) is 4.44. The van der Waals surface area contributed by atoms with Crippen molar-refractivity contribution in [3.63, 3.8) is 0 Å². The maximum Gasteiger partial charge on any atom is 0.293 e. The molecule has 0 heterocycles. The summed E-state index contributed by atoms with van der Waals surface area (Å²) in [5.74, 6) is -0.0390. The minimum Gasteiger partial charge on any atom is -0.350 e. The quantitative estimate of drug-likeness (QED) is 0.567. The third kappa shape index (κ3) is 4.67. The van der Waals surface area contributed by atoms with E-state index in [0.717, 1.165) is 32.1 Å². The van der Waals surface area contributed by atoms with Crippen LogP contribution in [-0.2, 0) is 15.6 Å². The Morgan fingerprint density at radius 3 is 2.57 bits per heavy atom. The molecule has 146 valence electrons. The van der Waals surface area contributed by atoms with E-state index in [-0.39, 0.29) is 27.9 Å². The van der Waals surface area contributed by atoms with Crippen LogP contribution in [0.4, 0.5) is 17.1 Å². The molecule has 1 aliphatic rings. The zero-order chi connectivity index (χ0) is 20.1. The van der Waals surface area contributed by atoms with E-state index in [1.807, 2.05) is 6.07 Å². The van der Waals surface area contributed by atoms with E-state index in [0.29, 0.717) is 11.3 Å². The van der Waals surface area contributed by atoms with Crippen molar-refractivity contribution >= 4 is 26.9 Å². The Kier molecular flexibility index (Phi) is 5.95. The van der Waals surface area contributed by atoms with Gasteiger partial charge in [-0.3, -0.25) is 10.1 Å². The first-order valence-corrected chi connectivity index (χ1v) is 10.9. The largest absolute Gasteiger partial charge is 0.350 e. The van der Waals surface area contributed by atoms with Gasteiger partial charge >= 0.3 is 0 Å². The molecule has 0 spiro atoms. The van der Waals surface area contributed by atoms with Crippen LogP contribution in [0.3, 0.4) is 0 Å². The zero-order valence-electron chi connectivity index (χ0n) is 15.3. The van der Waals surface area contributed by atoms with Crippen LogP contribution in [0.2, 0.25) is 0 Å². The first-order valence-electron chi connectivity index (χ1n) is 9.15. The van der Waals surface area contributed by atoms with Crippen LogP contribution in [0.1, 0.15) is 43.2 Å². The van der Waals surface area contributed by atoms with Crippen molar-refractivity contribution in [2.45, 2.75) is 43.1 Å². The molecular formula is C20H21N3O4S. The van der Waals surface area contributed by atoms with Crippen molar-refractivity contribution in [1.29, 1.82) is 5.26 Å².